The molecule has 87 valence electrons. The van der Waals surface area contributed by atoms with Gasteiger partial charge in [-0.15, -0.1) is 0 Å². The summed E-state index contributed by atoms with van der Waals surface area (Å²) >= 11 is 0. The van der Waals surface area contributed by atoms with E-state index in [9.17, 15) is 4.79 Å². The number of carbonyl (C=O) groups excluding carboxylic acids is 1. The van der Waals surface area contributed by atoms with Crippen LogP contribution in [0.1, 0.15) is 6.92 Å². The largest absolute Gasteiger partial charge is 0.526 e. The maximum atomic E-state index is 11.2. The first kappa shape index (κ1) is 14.3. The van der Waals surface area contributed by atoms with E-state index in [1.807, 2.05) is 0 Å². The van der Waals surface area contributed by atoms with Crippen molar-refractivity contribution in [3.8, 4) is 0 Å². The molecule has 15 heavy (non-hydrogen) atoms. The van der Waals surface area contributed by atoms with Gasteiger partial charge in [0.25, 0.3) is 0 Å². The summed E-state index contributed by atoms with van der Waals surface area (Å²) in [6.45, 7) is 8.89. The molecule has 1 N–H and O–H groups in total. The minimum absolute atomic E-state index is 0.351. The summed E-state index contributed by atoms with van der Waals surface area (Å²) in [5.74, 6) is -0.351. The third-order valence-electron chi connectivity index (χ3n) is 2.07. The third kappa shape index (κ3) is 2.88. The molecule has 0 aromatic carbocycles. The summed E-state index contributed by atoms with van der Waals surface area (Å²) in [5.41, 5.74) is 0. The maximum Gasteiger partial charge on any atom is 0.526 e. The lowest BCUT2D eigenvalue weighted by Gasteiger charge is -2.38. The van der Waals surface area contributed by atoms with Gasteiger partial charge in [-0.3, -0.25) is 4.79 Å². The number of nitrogens with one attached hydrogen (secondary N) is 1. The minimum Gasteiger partial charge on any atom is -0.375 e. The van der Waals surface area contributed by atoms with Gasteiger partial charge in [-0.1, -0.05) is 6.58 Å². The van der Waals surface area contributed by atoms with Crippen LogP contribution in [0.15, 0.2) is 12.7 Å². The van der Waals surface area contributed by atoms with Crippen molar-refractivity contribution in [1.29, 1.82) is 0 Å². The van der Waals surface area contributed by atoms with Crippen LogP contribution in [0.25, 0.3) is 0 Å². The van der Waals surface area contributed by atoms with Gasteiger partial charge < -0.3 is 18.6 Å². The highest BCUT2D eigenvalue weighted by Crippen LogP contribution is 2.21. The van der Waals surface area contributed by atoms with E-state index >= 15 is 0 Å². The average molecular weight is 232 g/mol. The maximum absolute atomic E-state index is 11.2. The molecule has 0 aliphatic heterocycles. The van der Waals surface area contributed by atoms with Crippen molar-refractivity contribution in [2.45, 2.75) is 12.1 Å². The van der Waals surface area contributed by atoms with E-state index in [4.69, 9.17) is 13.3 Å². The molecule has 0 rings (SSSR count). The molecule has 0 aromatic heterocycles. The zero-order valence-electron chi connectivity index (χ0n) is 9.62. The van der Waals surface area contributed by atoms with E-state index in [0.717, 1.165) is 6.08 Å². The van der Waals surface area contributed by atoms with Crippen LogP contribution in [-0.2, 0) is 18.1 Å². The second-order valence-electron chi connectivity index (χ2n) is 3.19. The Morgan fingerprint density at radius 2 is 1.73 bits per heavy atom. The molecule has 0 aromatic rings. The predicted molar refractivity (Wildman–Crippen MR) is 58.9 cm³/mol. The lowest BCUT2D eigenvalue weighted by atomic mass is 10.3. The molecular weight excluding hydrogens is 214 g/mol. The van der Waals surface area contributed by atoms with Crippen LogP contribution in [0.4, 0.5) is 0 Å². The minimum atomic E-state index is -3.01. The summed E-state index contributed by atoms with van der Waals surface area (Å²) < 4.78 is 15.7. The first-order valence-corrected chi connectivity index (χ1v) is 6.07. The Morgan fingerprint density at radius 1 is 1.33 bits per heavy atom. The van der Waals surface area contributed by atoms with Gasteiger partial charge in [0.1, 0.15) is 5.16 Å². The molecule has 0 aliphatic carbocycles. The molecular formula is C9H18NO4Si. The van der Waals surface area contributed by atoms with E-state index in [0.29, 0.717) is 0 Å². The van der Waals surface area contributed by atoms with Gasteiger partial charge in [0.05, 0.1) is 0 Å². The van der Waals surface area contributed by atoms with Gasteiger partial charge in [-0.05, 0) is 19.9 Å². The molecule has 5 nitrogen and oxygen atoms in total. The Morgan fingerprint density at radius 3 is 2.00 bits per heavy atom. The lowest BCUT2D eigenvalue weighted by molar-refractivity contribution is -0.117. The fraction of sp³-hybridized carbons (Fsp3) is 0.556. The van der Waals surface area contributed by atoms with Crippen molar-refractivity contribution in [2.75, 3.05) is 21.3 Å². The highest BCUT2D eigenvalue weighted by molar-refractivity contribution is 6.64. The number of amides is 1. The van der Waals surface area contributed by atoms with Gasteiger partial charge in [-0.25, -0.2) is 0 Å². The van der Waals surface area contributed by atoms with Gasteiger partial charge in [0, 0.05) is 21.3 Å². The van der Waals surface area contributed by atoms with E-state index in [-0.39, 0.29) is 5.91 Å². The molecule has 6 heteroatoms. The summed E-state index contributed by atoms with van der Waals surface area (Å²) in [4.78, 5) is 11.2. The van der Waals surface area contributed by atoms with Gasteiger partial charge in [0.2, 0.25) is 5.91 Å². The SMILES string of the molecule is [CH2]C(C)(NC(=O)C=C)[Si](OC)(OC)OC. The van der Waals surface area contributed by atoms with Crippen LogP contribution in [0.5, 0.6) is 0 Å². The molecule has 0 aliphatic rings. The monoisotopic (exact) mass is 232 g/mol. The van der Waals surface area contributed by atoms with E-state index in [1.54, 1.807) is 6.92 Å². The molecule has 0 heterocycles. The number of hydrogen-bond acceptors (Lipinski definition) is 4. The molecule has 0 spiro atoms. The van der Waals surface area contributed by atoms with Crippen LogP contribution in [0.3, 0.4) is 0 Å². The number of rotatable bonds is 6. The highest BCUT2D eigenvalue weighted by atomic mass is 28.4. The quantitative estimate of drug-likeness (QED) is 0.528. The van der Waals surface area contributed by atoms with Crippen LogP contribution < -0.4 is 5.32 Å². The van der Waals surface area contributed by atoms with Crippen molar-refractivity contribution in [1.82, 2.24) is 5.32 Å². The Bertz CT molecular complexity index is 230. The number of hydrogen-bond donors (Lipinski definition) is 1. The predicted octanol–water partition coefficient (Wildman–Crippen LogP) is 0.299. The van der Waals surface area contributed by atoms with E-state index < -0.39 is 14.0 Å². The molecule has 1 amide bonds. The second-order valence-corrected chi connectivity index (χ2v) is 6.63. The van der Waals surface area contributed by atoms with E-state index in [2.05, 4.69) is 18.8 Å². The fourth-order valence-corrected chi connectivity index (χ4v) is 3.45. The molecule has 1 unspecified atom stereocenters. The van der Waals surface area contributed by atoms with Crippen molar-refractivity contribution >= 4 is 14.7 Å². The molecule has 0 fully saturated rings. The Balaban J connectivity index is 4.93. The average Bonchev–Trinajstić information content (AvgIpc) is 2.20. The number of carbonyl (C=O) groups is 1. The van der Waals surface area contributed by atoms with Gasteiger partial charge in [0.15, 0.2) is 0 Å². The summed E-state index contributed by atoms with van der Waals surface area (Å²) in [5, 5.41) is 1.66. The van der Waals surface area contributed by atoms with Crippen molar-refractivity contribution < 1.29 is 18.1 Å². The molecule has 1 radical (unpaired) electrons. The molecule has 1 atom stereocenters. The smallest absolute Gasteiger partial charge is 0.375 e. The standard InChI is InChI=1S/C9H18NO4Si/c1-7-8(11)10-9(2,3)15(12-4,13-5)14-6/h7H,1-2H2,3-6H3,(H,10,11). The summed E-state index contributed by atoms with van der Waals surface area (Å²) in [7, 11) is 1.37. The highest BCUT2D eigenvalue weighted by Gasteiger charge is 2.55. The van der Waals surface area contributed by atoms with Crippen LogP contribution >= 0.6 is 0 Å². The van der Waals surface area contributed by atoms with Crippen LogP contribution in [0, 0.1) is 6.92 Å². The van der Waals surface area contributed by atoms with E-state index in [1.165, 1.54) is 21.3 Å². The third-order valence-corrected chi connectivity index (χ3v) is 5.16. The van der Waals surface area contributed by atoms with Crippen LogP contribution in [0.2, 0.25) is 0 Å². The molecule has 0 bridgehead atoms. The van der Waals surface area contributed by atoms with Crippen molar-refractivity contribution in [2.24, 2.45) is 0 Å². The lowest BCUT2D eigenvalue weighted by Crippen LogP contribution is -2.68. The normalized spacial score (nSPS) is 12.3. The zero-order chi connectivity index (χ0) is 12.1. The first-order chi connectivity index (χ1) is 6.89. The van der Waals surface area contributed by atoms with Gasteiger partial charge >= 0.3 is 8.80 Å². The zero-order valence-corrected chi connectivity index (χ0v) is 10.6. The summed E-state index contributed by atoms with van der Waals surface area (Å²) in [6.07, 6.45) is 1.16. The molecule has 0 saturated carbocycles. The van der Waals surface area contributed by atoms with Crippen LogP contribution in [-0.4, -0.2) is 41.2 Å². The Kier molecular flexibility index (Phi) is 5.16. The topological polar surface area (TPSA) is 56.8 Å². The Hall–Kier alpha value is -0.693. The second kappa shape index (κ2) is 5.41. The summed E-state index contributed by atoms with van der Waals surface area (Å²) in [6, 6.07) is 0. The molecule has 0 saturated heterocycles. The van der Waals surface area contributed by atoms with Crippen molar-refractivity contribution in [3.05, 3.63) is 19.6 Å². The first-order valence-electron chi connectivity index (χ1n) is 4.34. The fourth-order valence-electron chi connectivity index (χ4n) is 1.33. The van der Waals surface area contributed by atoms with Gasteiger partial charge in [-0.2, -0.15) is 0 Å². The Labute approximate surface area is 91.8 Å². The van der Waals surface area contributed by atoms with Crippen molar-refractivity contribution in [3.63, 3.8) is 0 Å².